The Balaban J connectivity index is 2.19. The van der Waals surface area contributed by atoms with E-state index in [1.54, 1.807) is 6.92 Å². The van der Waals surface area contributed by atoms with Crippen LogP contribution >= 0.6 is 0 Å². The number of carbonyl (C=O) groups is 2. The normalized spacial score (nSPS) is 11.3. The molecule has 0 aliphatic heterocycles. The van der Waals surface area contributed by atoms with Gasteiger partial charge in [-0.15, -0.1) is 0 Å². The van der Waals surface area contributed by atoms with Crippen LogP contribution in [0, 0.1) is 13.8 Å². The molecule has 30 heavy (non-hydrogen) atoms. The third-order valence-electron chi connectivity index (χ3n) is 4.51. The van der Waals surface area contributed by atoms with Gasteiger partial charge in [-0.3, -0.25) is 4.79 Å². The van der Waals surface area contributed by atoms with Crippen LogP contribution in [0.5, 0.6) is 5.75 Å². The number of rotatable bonds is 5. The Kier molecular flexibility index (Phi) is 5.49. The first kappa shape index (κ1) is 21.3. The van der Waals surface area contributed by atoms with Gasteiger partial charge >= 0.3 is 21.7 Å². The van der Waals surface area contributed by atoms with Gasteiger partial charge in [0.25, 0.3) is 0 Å². The van der Waals surface area contributed by atoms with E-state index in [9.17, 15) is 22.8 Å². The van der Waals surface area contributed by atoms with Crippen molar-refractivity contribution in [2.75, 3.05) is 7.11 Å². The molecule has 3 aromatic rings. The van der Waals surface area contributed by atoms with Crippen molar-refractivity contribution in [3.63, 3.8) is 0 Å². The number of ketones is 1. The highest BCUT2D eigenvalue weighted by Gasteiger charge is 2.26. The molecule has 0 atom stereocenters. The smallest absolute Gasteiger partial charge is 0.339 e. The van der Waals surface area contributed by atoms with Crippen LogP contribution in [0.1, 0.15) is 38.8 Å². The fourth-order valence-corrected chi connectivity index (χ4v) is 4.24. The number of Topliss-reactive ketones (excluding diaryl/α,β-unsaturated/α-hetero) is 1. The van der Waals surface area contributed by atoms with Crippen molar-refractivity contribution in [1.29, 1.82) is 0 Å². The predicted molar refractivity (Wildman–Crippen MR) is 108 cm³/mol. The van der Waals surface area contributed by atoms with Crippen LogP contribution in [0.4, 0.5) is 0 Å². The predicted octanol–water partition coefficient (Wildman–Crippen LogP) is 3.17. The number of carbonyl (C=O) groups excluding carboxylic acids is 2. The van der Waals surface area contributed by atoms with Crippen molar-refractivity contribution in [2.24, 2.45) is 0 Å². The fraction of sp³-hybridized carbons (Fsp3) is 0.190. The lowest BCUT2D eigenvalue weighted by Gasteiger charge is -2.14. The number of aryl methyl sites for hydroxylation is 2. The van der Waals surface area contributed by atoms with Gasteiger partial charge in [-0.1, -0.05) is 6.07 Å². The van der Waals surface area contributed by atoms with Crippen LogP contribution in [0.2, 0.25) is 0 Å². The number of fused-ring (bicyclic) bond motifs is 1. The summed E-state index contributed by atoms with van der Waals surface area (Å²) in [5, 5.41) is 0.480. The van der Waals surface area contributed by atoms with Crippen molar-refractivity contribution in [2.45, 2.75) is 25.7 Å². The molecular weight excluding hydrogens is 412 g/mol. The molecule has 0 aliphatic rings. The van der Waals surface area contributed by atoms with E-state index in [1.807, 2.05) is 0 Å². The summed E-state index contributed by atoms with van der Waals surface area (Å²) in [6.07, 6.45) is 0. The van der Waals surface area contributed by atoms with Crippen LogP contribution in [-0.4, -0.2) is 27.3 Å². The molecule has 0 saturated carbocycles. The van der Waals surface area contributed by atoms with E-state index < -0.39 is 27.5 Å². The second kappa shape index (κ2) is 7.75. The second-order valence-electron chi connectivity index (χ2n) is 6.63. The molecule has 0 spiro atoms. The van der Waals surface area contributed by atoms with E-state index in [0.717, 1.165) is 6.07 Å². The molecule has 0 radical (unpaired) electrons. The minimum atomic E-state index is -4.43. The van der Waals surface area contributed by atoms with Gasteiger partial charge in [-0.25, -0.2) is 9.59 Å². The van der Waals surface area contributed by atoms with Crippen LogP contribution < -0.4 is 9.81 Å². The van der Waals surface area contributed by atoms with Crippen molar-refractivity contribution in [3.05, 3.63) is 69.1 Å². The number of methoxy groups -OCH3 is 1. The van der Waals surface area contributed by atoms with E-state index in [-0.39, 0.29) is 27.4 Å². The molecular formula is C21H18O8S. The first-order valence-corrected chi connectivity index (χ1v) is 10.2. The minimum absolute atomic E-state index is 0.0252. The maximum absolute atomic E-state index is 13.0. The maximum Gasteiger partial charge on any atom is 0.339 e. The number of esters is 1. The molecule has 0 amide bonds. The largest absolute Gasteiger partial charge is 0.465 e. The van der Waals surface area contributed by atoms with Gasteiger partial charge in [0.1, 0.15) is 10.5 Å². The van der Waals surface area contributed by atoms with Crippen LogP contribution in [0.3, 0.4) is 0 Å². The molecule has 9 heteroatoms. The van der Waals surface area contributed by atoms with Gasteiger partial charge < -0.3 is 13.3 Å². The topological polar surface area (TPSA) is 117 Å². The maximum atomic E-state index is 13.0. The number of benzene rings is 2. The van der Waals surface area contributed by atoms with Gasteiger partial charge in [0, 0.05) is 11.5 Å². The highest BCUT2D eigenvalue weighted by molar-refractivity contribution is 7.87. The Bertz CT molecular complexity index is 1350. The zero-order valence-corrected chi connectivity index (χ0v) is 17.5. The lowest BCUT2D eigenvalue weighted by atomic mass is 10.0. The summed E-state index contributed by atoms with van der Waals surface area (Å²) in [6, 6.07) is 8.10. The summed E-state index contributed by atoms with van der Waals surface area (Å²) in [5.41, 5.74) is 0.0233. The van der Waals surface area contributed by atoms with Crippen LogP contribution in [-0.2, 0) is 14.9 Å². The Morgan fingerprint density at radius 1 is 1.00 bits per heavy atom. The average Bonchev–Trinajstić information content (AvgIpc) is 2.66. The quantitative estimate of drug-likeness (QED) is 0.262. The molecule has 0 bridgehead atoms. The third kappa shape index (κ3) is 3.84. The van der Waals surface area contributed by atoms with Crippen LogP contribution in [0.15, 0.2) is 50.5 Å². The van der Waals surface area contributed by atoms with E-state index in [0.29, 0.717) is 16.5 Å². The number of hydrogen-bond donors (Lipinski definition) is 0. The lowest BCUT2D eigenvalue weighted by Crippen LogP contribution is -2.15. The Morgan fingerprint density at radius 2 is 1.70 bits per heavy atom. The van der Waals surface area contributed by atoms with Crippen molar-refractivity contribution >= 4 is 32.8 Å². The zero-order chi connectivity index (χ0) is 22.2. The van der Waals surface area contributed by atoms with E-state index >= 15 is 0 Å². The summed E-state index contributed by atoms with van der Waals surface area (Å²) in [5.74, 6) is -1.54. The molecule has 0 fully saturated rings. The molecule has 1 heterocycles. The summed E-state index contributed by atoms with van der Waals surface area (Å²) in [7, 11) is -3.26. The van der Waals surface area contributed by atoms with Crippen molar-refractivity contribution < 1.29 is 31.3 Å². The van der Waals surface area contributed by atoms with E-state index in [2.05, 4.69) is 4.74 Å². The molecule has 0 N–H and O–H groups in total. The van der Waals surface area contributed by atoms with Gasteiger partial charge in [-0.05, 0) is 56.2 Å². The molecule has 156 valence electrons. The monoisotopic (exact) mass is 430 g/mol. The highest BCUT2D eigenvalue weighted by atomic mass is 32.2. The van der Waals surface area contributed by atoms with E-state index in [4.69, 9.17) is 8.60 Å². The number of hydrogen-bond acceptors (Lipinski definition) is 8. The average molecular weight is 430 g/mol. The molecule has 8 nitrogen and oxygen atoms in total. The summed E-state index contributed by atoms with van der Waals surface area (Å²) < 4.78 is 41.0. The van der Waals surface area contributed by atoms with Crippen molar-refractivity contribution in [1.82, 2.24) is 0 Å². The minimum Gasteiger partial charge on any atom is -0.465 e. The SMILES string of the molecule is COC(=O)c1ccc(C)c(S(=O)(=O)Oc2ccc3c(C)cc(=O)oc3c2C(C)=O)c1. The van der Waals surface area contributed by atoms with E-state index in [1.165, 1.54) is 51.3 Å². The fourth-order valence-electron chi connectivity index (χ4n) is 3.05. The van der Waals surface area contributed by atoms with Gasteiger partial charge in [0.05, 0.1) is 12.7 Å². The Hall–Kier alpha value is -3.46. The van der Waals surface area contributed by atoms with Gasteiger partial charge in [-0.2, -0.15) is 8.42 Å². The van der Waals surface area contributed by atoms with Crippen LogP contribution in [0.25, 0.3) is 11.0 Å². The van der Waals surface area contributed by atoms with Gasteiger partial charge in [0.15, 0.2) is 17.1 Å². The molecule has 0 aliphatic carbocycles. The van der Waals surface area contributed by atoms with Crippen molar-refractivity contribution in [3.8, 4) is 5.75 Å². The standard InChI is InChI=1S/C21H18O8S/c1-11-5-6-14(21(24)27-4)10-17(11)30(25,26)29-16-8-7-15-12(2)9-18(23)28-20(15)19(16)13(3)22/h5-10H,1-4H3. The summed E-state index contributed by atoms with van der Waals surface area (Å²) in [4.78, 5) is 35.6. The molecule has 0 saturated heterocycles. The lowest BCUT2D eigenvalue weighted by molar-refractivity contribution is 0.0600. The molecule has 0 unspecified atom stereocenters. The first-order valence-electron chi connectivity index (χ1n) is 8.77. The zero-order valence-electron chi connectivity index (χ0n) is 16.6. The molecule has 2 aromatic carbocycles. The Morgan fingerprint density at radius 3 is 2.33 bits per heavy atom. The molecule has 1 aromatic heterocycles. The van der Waals surface area contributed by atoms with Gasteiger partial charge in [0.2, 0.25) is 0 Å². The second-order valence-corrected chi connectivity index (χ2v) is 8.14. The number of ether oxygens (including phenoxy) is 1. The highest BCUT2D eigenvalue weighted by Crippen LogP contribution is 2.32. The molecule has 3 rings (SSSR count). The first-order chi connectivity index (χ1) is 14.0. The Labute approximate surface area is 172 Å². The third-order valence-corrected chi connectivity index (χ3v) is 5.89. The summed E-state index contributed by atoms with van der Waals surface area (Å²) >= 11 is 0. The summed E-state index contributed by atoms with van der Waals surface area (Å²) in [6.45, 7) is 4.41.